The minimum atomic E-state index is -0.110. The number of nitrogens with one attached hydrogen (secondary N) is 1. The second-order valence-corrected chi connectivity index (χ2v) is 3.61. The molecule has 0 spiro atoms. The Bertz CT molecular complexity index is 507. The largest absolute Gasteiger partial charge is 0.358 e. The molecule has 0 atom stereocenters. The van der Waals surface area contributed by atoms with Crippen molar-refractivity contribution in [3.63, 3.8) is 0 Å². The van der Waals surface area contributed by atoms with Gasteiger partial charge >= 0.3 is 0 Å². The smallest absolute Gasteiger partial charge is 0.217 e. The van der Waals surface area contributed by atoms with E-state index in [1.807, 2.05) is 0 Å². The number of carbonyl (C=O) groups excluding carboxylic acids is 1. The van der Waals surface area contributed by atoms with Gasteiger partial charge in [-0.3, -0.25) is 4.79 Å². The Kier molecular flexibility index (Phi) is 2.60. The predicted molar refractivity (Wildman–Crippen MR) is 56.5 cm³/mol. The van der Waals surface area contributed by atoms with Crippen LogP contribution >= 0.6 is 11.6 Å². The molecule has 78 valence electrons. The van der Waals surface area contributed by atoms with E-state index >= 15 is 0 Å². The Morgan fingerprint density at radius 3 is 3.13 bits per heavy atom. The molecule has 0 aliphatic heterocycles. The molecule has 1 heterocycles. The van der Waals surface area contributed by atoms with Gasteiger partial charge in [0.05, 0.1) is 6.54 Å². The first kappa shape index (κ1) is 9.98. The summed E-state index contributed by atoms with van der Waals surface area (Å²) in [5, 5.41) is 7.95. The molecule has 0 saturated heterocycles. The van der Waals surface area contributed by atoms with E-state index in [4.69, 9.17) is 16.1 Å². The average molecular weight is 225 g/mol. The van der Waals surface area contributed by atoms with Crippen LogP contribution < -0.4 is 5.32 Å². The van der Waals surface area contributed by atoms with Gasteiger partial charge in [0.15, 0.2) is 5.76 Å². The highest BCUT2D eigenvalue weighted by Crippen LogP contribution is 2.22. The number of hydrogen-bond donors (Lipinski definition) is 1. The second kappa shape index (κ2) is 3.90. The molecular formula is C10H9ClN2O2. The molecule has 0 aliphatic rings. The maximum Gasteiger partial charge on any atom is 0.217 e. The Hall–Kier alpha value is -1.55. The van der Waals surface area contributed by atoms with Gasteiger partial charge in [-0.25, -0.2) is 0 Å². The zero-order chi connectivity index (χ0) is 10.8. The van der Waals surface area contributed by atoms with Crippen LogP contribution in [0.15, 0.2) is 22.7 Å². The van der Waals surface area contributed by atoms with Crippen molar-refractivity contribution in [1.82, 2.24) is 10.5 Å². The van der Waals surface area contributed by atoms with Gasteiger partial charge in [0.25, 0.3) is 0 Å². The highest BCUT2D eigenvalue weighted by atomic mass is 35.5. The third-order valence-electron chi connectivity index (χ3n) is 2.01. The molecule has 5 heteroatoms. The van der Waals surface area contributed by atoms with Crippen LogP contribution in [-0.4, -0.2) is 11.1 Å². The van der Waals surface area contributed by atoms with Gasteiger partial charge in [0, 0.05) is 17.3 Å². The Morgan fingerprint density at radius 2 is 2.40 bits per heavy atom. The zero-order valence-electron chi connectivity index (χ0n) is 8.08. The summed E-state index contributed by atoms with van der Waals surface area (Å²) in [7, 11) is 0. The lowest BCUT2D eigenvalue weighted by Crippen LogP contribution is -2.18. The number of halogens is 1. The van der Waals surface area contributed by atoms with Crippen LogP contribution in [0.3, 0.4) is 0 Å². The fourth-order valence-electron chi connectivity index (χ4n) is 1.30. The Balaban J connectivity index is 2.35. The summed E-state index contributed by atoms with van der Waals surface area (Å²) < 4.78 is 5.10. The van der Waals surface area contributed by atoms with Gasteiger partial charge in [0.1, 0.15) is 5.52 Å². The monoisotopic (exact) mass is 224 g/mol. The van der Waals surface area contributed by atoms with E-state index in [2.05, 4.69) is 10.5 Å². The number of hydrogen-bond acceptors (Lipinski definition) is 3. The van der Waals surface area contributed by atoms with Gasteiger partial charge in [-0.2, -0.15) is 0 Å². The third kappa shape index (κ3) is 2.10. The number of rotatable bonds is 2. The standard InChI is InChI=1S/C10H9ClN2O2/c1-6(14)12-5-10-8-4-7(11)2-3-9(8)13-15-10/h2-4H,5H2,1H3,(H,12,14). The Morgan fingerprint density at radius 1 is 1.60 bits per heavy atom. The summed E-state index contributed by atoms with van der Waals surface area (Å²) in [6, 6.07) is 5.29. The first-order valence-electron chi connectivity index (χ1n) is 4.45. The highest BCUT2D eigenvalue weighted by Gasteiger charge is 2.08. The molecule has 1 N–H and O–H groups in total. The first-order valence-corrected chi connectivity index (χ1v) is 4.83. The van der Waals surface area contributed by atoms with Crippen LogP contribution in [0.5, 0.6) is 0 Å². The summed E-state index contributed by atoms with van der Waals surface area (Å²) >= 11 is 5.85. The van der Waals surface area contributed by atoms with Crippen LogP contribution in [-0.2, 0) is 11.3 Å². The molecule has 0 saturated carbocycles. The molecule has 15 heavy (non-hydrogen) atoms. The van der Waals surface area contributed by atoms with Crippen molar-refractivity contribution in [1.29, 1.82) is 0 Å². The molecule has 0 bridgehead atoms. The third-order valence-corrected chi connectivity index (χ3v) is 2.25. The van der Waals surface area contributed by atoms with Crippen molar-refractivity contribution in [2.45, 2.75) is 13.5 Å². The molecule has 1 aromatic heterocycles. The quantitative estimate of drug-likeness (QED) is 0.850. The lowest BCUT2D eigenvalue weighted by atomic mass is 10.2. The number of amides is 1. The summed E-state index contributed by atoms with van der Waals surface area (Å²) in [5.41, 5.74) is 0.736. The lowest BCUT2D eigenvalue weighted by molar-refractivity contribution is -0.119. The molecule has 1 amide bonds. The van der Waals surface area contributed by atoms with Gasteiger partial charge < -0.3 is 9.84 Å². The molecule has 0 aliphatic carbocycles. The van der Waals surface area contributed by atoms with Crippen molar-refractivity contribution in [2.75, 3.05) is 0 Å². The summed E-state index contributed by atoms with van der Waals surface area (Å²) in [4.78, 5) is 10.7. The minimum absolute atomic E-state index is 0.110. The summed E-state index contributed by atoms with van der Waals surface area (Å²) in [6.07, 6.45) is 0. The van der Waals surface area contributed by atoms with Crippen LogP contribution in [0, 0.1) is 0 Å². The minimum Gasteiger partial charge on any atom is -0.358 e. The molecule has 1 aromatic carbocycles. The van der Waals surface area contributed by atoms with E-state index in [1.165, 1.54) is 6.92 Å². The number of benzene rings is 1. The van der Waals surface area contributed by atoms with Gasteiger partial charge in [-0.05, 0) is 18.2 Å². The molecule has 0 unspecified atom stereocenters. The molecule has 2 rings (SSSR count). The zero-order valence-corrected chi connectivity index (χ0v) is 8.84. The topological polar surface area (TPSA) is 55.1 Å². The normalized spacial score (nSPS) is 10.5. The van der Waals surface area contributed by atoms with Crippen LogP contribution in [0.4, 0.5) is 0 Å². The molecule has 0 fully saturated rings. The van der Waals surface area contributed by atoms with Crippen molar-refractivity contribution in [2.24, 2.45) is 0 Å². The van der Waals surface area contributed by atoms with Gasteiger partial charge in [-0.1, -0.05) is 16.8 Å². The average Bonchev–Trinajstić information content (AvgIpc) is 2.57. The highest BCUT2D eigenvalue weighted by molar-refractivity contribution is 6.31. The maximum absolute atomic E-state index is 10.7. The van der Waals surface area contributed by atoms with Crippen molar-refractivity contribution in [3.8, 4) is 0 Å². The molecule has 4 nitrogen and oxygen atoms in total. The van der Waals surface area contributed by atoms with Crippen molar-refractivity contribution < 1.29 is 9.32 Å². The molecular weight excluding hydrogens is 216 g/mol. The van der Waals surface area contributed by atoms with Crippen molar-refractivity contribution in [3.05, 3.63) is 29.0 Å². The van der Waals surface area contributed by atoms with E-state index < -0.39 is 0 Å². The van der Waals surface area contributed by atoms with Crippen LogP contribution in [0.2, 0.25) is 5.02 Å². The number of carbonyl (C=O) groups is 1. The molecule has 2 aromatic rings. The van der Waals surface area contributed by atoms with Gasteiger partial charge in [0.2, 0.25) is 5.91 Å². The van der Waals surface area contributed by atoms with E-state index in [0.29, 0.717) is 17.3 Å². The fourth-order valence-corrected chi connectivity index (χ4v) is 1.47. The maximum atomic E-state index is 10.7. The number of fused-ring (bicyclic) bond motifs is 1. The lowest BCUT2D eigenvalue weighted by Gasteiger charge is -1.97. The summed E-state index contributed by atoms with van der Waals surface area (Å²) in [6.45, 7) is 1.78. The molecule has 0 radical (unpaired) electrons. The summed E-state index contributed by atoms with van der Waals surface area (Å²) in [5.74, 6) is 0.504. The van der Waals surface area contributed by atoms with E-state index in [0.717, 1.165) is 10.9 Å². The van der Waals surface area contributed by atoms with E-state index in [9.17, 15) is 4.79 Å². The fraction of sp³-hybridized carbons (Fsp3) is 0.200. The number of aromatic nitrogens is 1. The van der Waals surface area contributed by atoms with Gasteiger partial charge in [-0.15, -0.1) is 0 Å². The van der Waals surface area contributed by atoms with E-state index in [-0.39, 0.29) is 5.91 Å². The predicted octanol–water partition coefficient (Wildman–Crippen LogP) is 2.12. The van der Waals surface area contributed by atoms with Crippen molar-refractivity contribution >= 4 is 28.4 Å². The Labute approximate surface area is 91.2 Å². The van der Waals surface area contributed by atoms with Crippen LogP contribution in [0.25, 0.3) is 10.9 Å². The second-order valence-electron chi connectivity index (χ2n) is 3.18. The number of nitrogens with zero attached hydrogens (tertiary/aromatic N) is 1. The van der Waals surface area contributed by atoms with Crippen LogP contribution in [0.1, 0.15) is 12.7 Å². The first-order chi connectivity index (χ1) is 7.16. The van der Waals surface area contributed by atoms with E-state index in [1.54, 1.807) is 18.2 Å². The SMILES string of the molecule is CC(=O)NCc1onc2ccc(Cl)cc12.